The number of hydrogen-bond donors (Lipinski definition) is 0. The summed E-state index contributed by atoms with van der Waals surface area (Å²) < 4.78 is 26.9. The lowest BCUT2D eigenvalue weighted by Crippen LogP contribution is -2.49. The molecule has 138 valence electrons. The van der Waals surface area contributed by atoms with E-state index in [-0.39, 0.29) is 12.3 Å². The Labute approximate surface area is 159 Å². The van der Waals surface area contributed by atoms with Gasteiger partial charge in [0.25, 0.3) is 0 Å². The molecule has 0 bridgehead atoms. The molecule has 1 fully saturated rings. The van der Waals surface area contributed by atoms with Gasteiger partial charge in [-0.15, -0.1) is 0 Å². The van der Waals surface area contributed by atoms with Crippen LogP contribution < -0.4 is 0 Å². The Kier molecular flexibility index (Phi) is 5.77. The van der Waals surface area contributed by atoms with Gasteiger partial charge in [0, 0.05) is 36.8 Å². The van der Waals surface area contributed by atoms with Crippen LogP contribution in [0.3, 0.4) is 0 Å². The molecule has 2 aromatic carbocycles. The molecule has 0 amide bonds. The van der Waals surface area contributed by atoms with E-state index in [0.29, 0.717) is 41.7 Å². The van der Waals surface area contributed by atoms with Gasteiger partial charge < -0.3 is 0 Å². The van der Waals surface area contributed by atoms with E-state index in [9.17, 15) is 13.2 Å². The monoisotopic (exact) mass is 392 g/mol. The molecule has 1 saturated heterocycles. The molecule has 1 heterocycles. The van der Waals surface area contributed by atoms with E-state index in [2.05, 4.69) is 0 Å². The van der Waals surface area contributed by atoms with Crippen LogP contribution in [0.2, 0.25) is 5.02 Å². The summed E-state index contributed by atoms with van der Waals surface area (Å²) in [6.07, 6.45) is 0. The number of carbonyl (C=O) groups is 1. The maximum atomic E-state index is 12.7. The second-order valence-electron chi connectivity index (χ2n) is 6.42. The van der Waals surface area contributed by atoms with Crippen LogP contribution in [0.1, 0.15) is 15.9 Å². The maximum Gasteiger partial charge on any atom is 0.243 e. The molecular weight excluding hydrogens is 372 g/mol. The number of carbonyl (C=O) groups excluding carboxylic acids is 1. The molecule has 2 aromatic rings. The van der Waals surface area contributed by atoms with Gasteiger partial charge in [-0.3, -0.25) is 9.69 Å². The van der Waals surface area contributed by atoms with Gasteiger partial charge in [-0.05, 0) is 43.3 Å². The van der Waals surface area contributed by atoms with Crippen molar-refractivity contribution in [1.29, 1.82) is 0 Å². The molecule has 3 rings (SSSR count). The number of piperazine rings is 1. The number of Topliss-reactive ketones (excluding diaryl/α,β-unsaturated/α-hetero) is 1. The summed E-state index contributed by atoms with van der Waals surface area (Å²) in [7, 11) is -3.48. The third kappa shape index (κ3) is 4.32. The van der Waals surface area contributed by atoms with Gasteiger partial charge in [0.05, 0.1) is 11.4 Å². The van der Waals surface area contributed by atoms with Crippen molar-refractivity contribution in [2.75, 3.05) is 32.7 Å². The first-order chi connectivity index (χ1) is 12.4. The number of sulfonamides is 1. The number of rotatable bonds is 5. The molecule has 0 radical (unpaired) electrons. The normalized spacial score (nSPS) is 16.5. The Morgan fingerprint density at radius 2 is 1.54 bits per heavy atom. The fourth-order valence-corrected chi connectivity index (χ4v) is 4.47. The second-order valence-corrected chi connectivity index (χ2v) is 8.80. The zero-order chi connectivity index (χ0) is 18.7. The van der Waals surface area contributed by atoms with Crippen LogP contribution in [0, 0.1) is 6.92 Å². The molecule has 5 nitrogen and oxygen atoms in total. The highest BCUT2D eigenvalue weighted by Crippen LogP contribution is 2.18. The lowest BCUT2D eigenvalue weighted by Gasteiger charge is -2.33. The standard InChI is InChI=1S/C19H21ClN2O3S/c1-15-2-8-18(9-3-15)26(24,25)22-12-10-21(11-13-22)14-19(23)16-4-6-17(20)7-5-16/h2-9H,10-14H2,1H3. The topological polar surface area (TPSA) is 57.7 Å². The first kappa shape index (κ1) is 19.0. The summed E-state index contributed by atoms with van der Waals surface area (Å²) in [6, 6.07) is 13.7. The Balaban J connectivity index is 1.59. The molecule has 0 saturated carbocycles. The molecule has 1 aliphatic heterocycles. The van der Waals surface area contributed by atoms with E-state index in [4.69, 9.17) is 11.6 Å². The summed E-state index contributed by atoms with van der Waals surface area (Å²) >= 11 is 5.84. The van der Waals surface area contributed by atoms with Gasteiger partial charge >= 0.3 is 0 Å². The fraction of sp³-hybridized carbons (Fsp3) is 0.316. The summed E-state index contributed by atoms with van der Waals surface area (Å²) in [5, 5.41) is 0.594. The molecule has 0 aromatic heterocycles. The molecule has 0 N–H and O–H groups in total. The summed E-state index contributed by atoms with van der Waals surface area (Å²) in [5.41, 5.74) is 1.64. The van der Waals surface area contributed by atoms with E-state index in [1.54, 1.807) is 48.5 Å². The Hall–Kier alpha value is -1.73. The van der Waals surface area contributed by atoms with Crippen molar-refractivity contribution in [3.05, 3.63) is 64.7 Å². The van der Waals surface area contributed by atoms with Crippen LogP contribution in [-0.4, -0.2) is 56.1 Å². The minimum Gasteiger partial charge on any atom is -0.293 e. The predicted molar refractivity (Wildman–Crippen MR) is 102 cm³/mol. The fourth-order valence-electron chi connectivity index (χ4n) is 2.92. The molecule has 0 spiro atoms. The van der Waals surface area contributed by atoms with Crippen LogP contribution in [0.15, 0.2) is 53.4 Å². The van der Waals surface area contributed by atoms with Crippen molar-refractivity contribution in [3.63, 3.8) is 0 Å². The largest absolute Gasteiger partial charge is 0.293 e. The van der Waals surface area contributed by atoms with E-state index < -0.39 is 10.0 Å². The van der Waals surface area contributed by atoms with Gasteiger partial charge in [0.15, 0.2) is 5.78 Å². The summed E-state index contributed by atoms with van der Waals surface area (Å²) in [4.78, 5) is 14.6. The highest BCUT2D eigenvalue weighted by molar-refractivity contribution is 7.89. The minimum absolute atomic E-state index is 0.0107. The minimum atomic E-state index is -3.48. The van der Waals surface area contributed by atoms with Crippen molar-refractivity contribution in [3.8, 4) is 0 Å². The predicted octanol–water partition coefficient (Wildman–Crippen LogP) is 2.84. The Bertz CT molecular complexity index is 872. The zero-order valence-corrected chi connectivity index (χ0v) is 16.1. The van der Waals surface area contributed by atoms with E-state index >= 15 is 0 Å². The summed E-state index contributed by atoms with van der Waals surface area (Å²) in [5.74, 6) is 0.0107. The second kappa shape index (κ2) is 7.88. The van der Waals surface area contributed by atoms with Crippen LogP contribution in [-0.2, 0) is 10.0 Å². The molecule has 0 atom stereocenters. The van der Waals surface area contributed by atoms with Crippen molar-refractivity contribution < 1.29 is 13.2 Å². The Morgan fingerprint density at radius 1 is 0.962 bits per heavy atom. The first-order valence-corrected chi connectivity index (χ1v) is 10.3. The number of ketones is 1. The zero-order valence-electron chi connectivity index (χ0n) is 14.6. The number of hydrogen-bond acceptors (Lipinski definition) is 4. The third-order valence-electron chi connectivity index (χ3n) is 4.52. The number of nitrogens with zero attached hydrogens (tertiary/aromatic N) is 2. The van der Waals surface area contributed by atoms with Crippen molar-refractivity contribution >= 4 is 27.4 Å². The van der Waals surface area contributed by atoms with Crippen molar-refractivity contribution in [1.82, 2.24) is 9.21 Å². The van der Waals surface area contributed by atoms with Crippen LogP contribution in [0.5, 0.6) is 0 Å². The van der Waals surface area contributed by atoms with E-state index in [1.807, 2.05) is 11.8 Å². The van der Waals surface area contributed by atoms with Gasteiger partial charge in [-0.2, -0.15) is 4.31 Å². The van der Waals surface area contributed by atoms with Crippen LogP contribution in [0.4, 0.5) is 0 Å². The first-order valence-electron chi connectivity index (χ1n) is 8.44. The summed E-state index contributed by atoms with van der Waals surface area (Å²) in [6.45, 7) is 4.02. The molecule has 0 aliphatic carbocycles. The van der Waals surface area contributed by atoms with Gasteiger partial charge in [0.2, 0.25) is 10.0 Å². The van der Waals surface area contributed by atoms with E-state index in [0.717, 1.165) is 5.56 Å². The molecule has 7 heteroatoms. The number of benzene rings is 2. The average molecular weight is 393 g/mol. The smallest absolute Gasteiger partial charge is 0.243 e. The van der Waals surface area contributed by atoms with Crippen LogP contribution >= 0.6 is 11.6 Å². The van der Waals surface area contributed by atoms with Crippen molar-refractivity contribution in [2.45, 2.75) is 11.8 Å². The number of halogens is 1. The number of aryl methyl sites for hydroxylation is 1. The molecule has 0 unspecified atom stereocenters. The lowest BCUT2D eigenvalue weighted by molar-refractivity contribution is 0.0901. The highest BCUT2D eigenvalue weighted by atomic mass is 35.5. The van der Waals surface area contributed by atoms with Crippen LogP contribution in [0.25, 0.3) is 0 Å². The third-order valence-corrected chi connectivity index (χ3v) is 6.69. The van der Waals surface area contributed by atoms with E-state index in [1.165, 1.54) is 4.31 Å². The highest BCUT2D eigenvalue weighted by Gasteiger charge is 2.29. The molecule has 26 heavy (non-hydrogen) atoms. The quantitative estimate of drug-likeness (QED) is 0.734. The lowest BCUT2D eigenvalue weighted by atomic mass is 10.1. The average Bonchev–Trinajstić information content (AvgIpc) is 2.63. The SMILES string of the molecule is Cc1ccc(S(=O)(=O)N2CCN(CC(=O)c3ccc(Cl)cc3)CC2)cc1. The van der Waals surface area contributed by atoms with Gasteiger partial charge in [-0.25, -0.2) is 8.42 Å². The van der Waals surface area contributed by atoms with Gasteiger partial charge in [0.1, 0.15) is 0 Å². The molecule has 1 aliphatic rings. The van der Waals surface area contributed by atoms with Gasteiger partial charge in [-0.1, -0.05) is 29.3 Å². The molecular formula is C19H21ClN2O3S. The Morgan fingerprint density at radius 3 is 2.12 bits per heavy atom. The van der Waals surface area contributed by atoms with Crippen molar-refractivity contribution in [2.24, 2.45) is 0 Å². The maximum absolute atomic E-state index is 12.7.